The molecule has 0 saturated carbocycles. The molecular weight excluding hydrogens is 206 g/mol. The average molecular weight is 217 g/mol. The molecule has 0 saturated heterocycles. The number of aromatic nitrogens is 4. The van der Waals surface area contributed by atoms with E-state index in [2.05, 4.69) is 25.5 Å². The molecule has 0 aliphatic carbocycles. The lowest BCUT2D eigenvalue weighted by atomic mass is 10.3. The molecule has 2 N–H and O–H groups in total. The Kier molecular flexibility index (Phi) is 2.90. The monoisotopic (exact) mass is 217 g/mol. The van der Waals surface area contributed by atoms with Gasteiger partial charge in [-0.2, -0.15) is 5.10 Å². The van der Waals surface area contributed by atoms with Crippen molar-refractivity contribution < 1.29 is 4.79 Å². The van der Waals surface area contributed by atoms with Gasteiger partial charge >= 0.3 is 0 Å². The number of amides is 1. The van der Waals surface area contributed by atoms with Crippen molar-refractivity contribution in [2.45, 2.75) is 6.42 Å². The Morgan fingerprint density at radius 1 is 1.50 bits per heavy atom. The molecule has 2 heterocycles. The van der Waals surface area contributed by atoms with E-state index < -0.39 is 0 Å². The number of nitrogens with one attached hydrogen (secondary N) is 2. The maximum Gasteiger partial charge on any atom is 0.227 e. The zero-order valence-corrected chi connectivity index (χ0v) is 8.77. The Balaban J connectivity index is 2.17. The topological polar surface area (TPSA) is 83.6 Å². The van der Waals surface area contributed by atoms with Crippen molar-refractivity contribution in [2.24, 2.45) is 0 Å². The fourth-order valence-electron chi connectivity index (χ4n) is 1.22. The minimum absolute atomic E-state index is 0.108. The number of H-pyrrole nitrogens is 1. The molecule has 0 aliphatic rings. The van der Waals surface area contributed by atoms with Crippen LogP contribution >= 0.6 is 0 Å². The van der Waals surface area contributed by atoms with Crippen LogP contribution in [0.3, 0.4) is 0 Å². The van der Waals surface area contributed by atoms with Crippen molar-refractivity contribution in [2.75, 3.05) is 7.05 Å². The number of hydrogen-bond donors (Lipinski definition) is 2. The fraction of sp³-hybridized carbons (Fsp3) is 0.200. The zero-order valence-electron chi connectivity index (χ0n) is 8.77. The van der Waals surface area contributed by atoms with Crippen LogP contribution < -0.4 is 5.32 Å². The maximum atomic E-state index is 11.1. The number of carbonyl (C=O) groups excluding carboxylic acids is 1. The molecule has 2 aromatic rings. The SMILES string of the molecule is CNC(=O)Cc1nc(-c2ccccn2)n[nH]1. The standard InChI is InChI=1S/C10H11N5O/c1-11-9(16)6-8-13-10(15-14-8)7-4-2-3-5-12-7/h2-5H,6H2,1H3,(H,11,16)(H,13,14,15). The van der Waals surface area contributed by atoms with Crippen LogP contribution in [0.5, 0.6) is 0 Å². The smallest absolute Gasteiger partial charge is 0.227 e. The van der Waals surface area contributed by atoms with Crippen LogP contribution in [0.25, 0.3) is 11.5 Å². The number of hydrogen-bond acceptors (Lipinski definition) is 4. The van der Waals surface area contributed by atoms with E-state index in [0.717, 1.165) is 0 Å². The first-order valence-corrected chi connectivity index (χ1v) is 4.83. The summed E-state index contributed by atoms with van der Waals surface area (Å²) in [5.41, 5.74) is 0.682. The summed E-state index contributed by atoms with van der Waals surface area (Å²) in [7, 11) is 1.58. The van der Waals surface area contributed by atoms with Crippen LogP contribution in [0.2, 0.25) is 0 Å². The molecule has 0 aliphatic heterocycles. The van der Waals surface area contributed by atoms with Crippen LogP contribution in [0, 0.1) is 0 Å². The largest absolute Gasteiger partial charge is 0.359 e. The molecule has 2 aromatic heterocycles. The number of likely N-dealkylation sites (N-methyl/N-ethyl adjacent to an activating group) is 1. The predicted octanol–water partition coefficient (Wildman–Crippen LogP) is 0.155. The maximum absolute atomic E-state index is 11.1. The molecule has 0 spiro atoms. The molecular formula is C10H11N5O. The summed E-state index contributed by atoms with van der Waals surface area (Å²) >= 11 is 0. The average Bonchev–Trinajstić information content (AvgIpc) is 2.78. The molecule has 2 rings (SSSR count). The number of pyridine rings is 1. The van der Waals surface area contributed by atoms with Gasteiger partial charge in [0.05, 0.1) is 6.42 Å². The van der Waals surface area contributed by atoms with Crippen LogP contribution in [0.1, 0.15) is 5.82 Å². The predicted molar refractivity (Wildman–Crippen MR) is 57.4 cm³/mol. The van der Waals surface area contributed by atoms with Gasteiger partial charge < -0.3 is 5.32 Å². The summed E-state index contributed by atoms with van der Waals surface area (Å²) < 4.78 is 0. The minimum Gasteiger partial charge on any atom is -0.359 e. The molecule has 0 fully saturated rings. The summed E-state index contributed by atoms with van der Waals surface area (Å²) in [6, 6.07) is 5.49. The highest BCUT2D eigenvalue weighted by Gasteiger charge is 2.08. The summed E-state index contributed by atoms with van der Waals surface area (Å²) in [6.45, 7) is 0. The number of aromatic amines is 1. The molecule has 0 unspecified atom stereocenters. The van der Waals surface area contributed by atoms with Crippen molar-refractivity contribution in [3.8, 4) is 11.5 Å². The second kappa shape index (κ2) is 4.52. The highest BCUT2D eigenvalue weighted by molar-refractivity contribution is 5.77. The second-order valence-electron chi connectivity index (χ2n) is 3.17. The second-order valence-corrected chi connectivity index (χ2v) is 3.17. The van der Waals surface area contributed by atoms with Gasteiger partial charge in [-0.1, -0.05) is 6.07 Å². The van der Waals surface area contributed by atoms with Gasteiger partial charge in [-0.25, -0.2) is 4.98 Å². The van der Waals surface area contributed by atoms with Crippen LogP contribution in [-0.4, -0.2) is 33.1 Å². The first kappa shape index (κ1) is 10.3. The van der Waals surface area contributed by atoms with Crippen molar-refractivity contribution in [3.63, 3.8) is 0 Å². The zero-order chi connectivity index (χ0) is 11.4. The number of carbonyl (C=O) groups is 1. The third kappa shape index (κ3) is 2.22. The van der Waals surface area contributed by atoms with Gasteiger partial charge in [0.1, 0.15) is 11.5 Å². The summed E-state index contributed by atoms with van der Waals surface area (Å²) in [5, 5.41) is 9.22. The van der Waals surface area contributed by atoms with Crippen LogP contribution in [0.4, 0.5) is 0 Å². The van der Waals surface area contributed by atoms with Gasteiger partial charge in [0.2, 0.25) is 5.91 Å². The lowest BCUT2D eigenvalue weighted by molar-refractivity contribution is -0.120. The first-order valence-electron chi connectivity index (χ1n) is 4.83. The third-order valence-corrected chi connectivity index (χ3v) is 2.03. The van der Waals surface area contributed by atoms with E-state index in [1.54, 1.807) is 13.2 Å². The molecule has 0 radical (unpaired) electrons. The minimum atomic E-state index is -0.108. The van der Waals surface area contributed by atoms with E-state index in [4.69, 9.17) is 0 Å². The van der Waals surface area contributed by atoms with Crippen molar-refractivity contribution >= 4 is 5.91 Å². The van der Waals surface area contributed by atoms with Crippen molar-refractivity contribution in [3.05, 3.63) is 30.2 Å². The molecule has 0 bridgehead atoms. The number of rotatable bonds is 3. The Hall–Kier alpha value is -2.24. The lowest BCUT2D eigenvalue weighted by Crippen LogP contribution is -2.20. The number of nitrogens with zero attached hydrogens (tertiary/aromatic N) is 3. The highest BCUT2D eigenvalue weighted by atomic mass is 16.1. The Labute approximate surface area is 92.1 Å². The summed E-state index contributed by atoms with van der Waals surface area (Å²) in [6.07, 6.45) is 1.86. The van der Waals surface area contributed by atoms with Gasteiger partial charge in [-0.05, 0) is 12.1 Å². The van der Waals surface area contributed by atoms with E-state index in [1.807, 2.05) is 18.2 Å². The Morgan fingerprint density at radius 2 is 2.38 bits per heavy atom. The molecule has 82 valence electrons. The lowest BCUT2D eigenvalue weighted by Gasteiger charge is -1.93. The highest BCUT2D eigenvalue weighted by Crippen LogP contribution is 2.09. The van der Waals surface area contributed by atoms with Crippen molar-refractivity contribution in [1.29, 1.82) is 0 Å². The van der Waals surface area contributed by atoms with Gasteiger partial charge in [0.25, 0.3) is 0 Å². The Morgan fingerprint density at radius 3 is 3.06 bits per heavy atom. The van der Waals surface area contributed by atoms with Crippen LogP contribution in [-0.2, 0) is 11.2 Å². The van der Waals surface area contributed by atoms with E-state index in [-0.39, 0.29) is 12.3 Å². The van der Waals surface area contributed by atoms with Crippen molar-refractivity contribution in [1.82, 2.24) is 25.5 Å². The van der Waals surface area contributed by atoms with Gasteiger partial charge in [-0.3, -0.25) is 14.9 Å². The molecule has 6 nitrogen and oxygen atoms in total. The molecule has 16 heavy (non-hydrogen) atoms. The van der Waals surface area contributed by atoms with Crippen LogP contribution in [0.15, 0.2) is 24.4 Å². The van der Waals surface area contributed by atoms with Gasteiger partial charge in [0.15, 0.2) is 5.82 Å². The fourth-order valence-corrected chi connectivity index (χ4v) is 1.22. The normalized spacial score (nSPS) is 10.1. The third-order valence-electron chi connectivity index (χ3n) is 2.03. The summed E-state index contributed by atoms with van der Waals surface area (Å²) in [5.74, 6) is 0.920. The quantitative estimate of drug-likeness (QED) is 0.766. The van der Waals surface area contributed by atoms with E-state index in [0.29, 0.717) is 17.3 Å². The van der Waals surface area contributed by atoms with E-state index in [1.165, 1.54) is 0 Å². The van der Waals surface area contributed by atoms with E-state index in [9.17, 15) is 4.79 Å². The Bertz CT molecular complexity index is 479. The first-order chi connectivity index (χ1) is 7.79. The molecule has 6 heteroatoms. The molecule has 0 aromatic carbocycles. The molecule has 1 amide bonds. The summed E-state index contributed by atoms with van der Waals surface area (Å²) in [4.78, 5) is 19.4. The van der Waals surface area contributed by atoms with E-state index >= 15 is 0 Å². The van der Waals surface area contributed by atoms with Gasteiger partial charge in [-0.15, -0.1) is 0 Å². The molecule has 0 atom stereocenters. The van der Waals surface area contributed by atoms with Gasteiger partial charge in [0, 0.05) is 13.2 Å².